The molecule has 1 unspecified atom stereocenters. The van der Waals surface area contributed by atoms with Crippen LogP contribution in [0.25, 0.3) is 12.2 Å². The van der Waals surface area contributed by atoms with Crippen LogP contribution in [0.5, 0.6) is 0 Å². The molecule has 0 aromatic carbocycles. The van der Waals surface area contributed by atoms with Crippen molar-refractivity contribution in [2.75, 3.05) is 0 Å². The van der Waals surface area contributed by atoms with E-state index in [1.807, 2.05) is 12.3 Å². The van der Waals surface area contributed by atoms with Gasteiger partial charge < -0.3 is 0 Å². The van der Waals surface area contributed by atoms with Crippen molar-refractivity contribution in [3.05, 3.63) is 41.0 Å². The average Bonchev–Trinajstić information content (AvgIpc) is 2.37. The standard InChI is InChI=1S/C13H15N/c1-3-13(2)8-4-6-11-7-5-9-14-12(11)10-13/h4-10H,3H2,1-2H3. The van der Waals surface area contributed by atoms with Gasteiger partial charge in [-0.15, -0.1) is 0 Å². The van der Waals surface area contributed by atoms with Gasteiger partial charge in [-0.2, -0.15) is 0 Å². The SMILES string of the molecule is CCC1(C)C=CC=c2cccnc2=C1. The van der Waals surface area contributed by atoms with Gasteiger partial charge in [-0.25, -0.2) is 0 Å². The highest BCUT2D eigenvalue weighted by Crippen LogP contribution is 2.24. The first kappa shape index (κ1) is 9.20. The molecule has 0 spiro atoms. The van der Waals surface area contributed by atoms with Gasteiger partial charge >= 0.3 is 0 Å². The molecule has 1 aromatic heterocycles. The molecule has 0 saturated carbocycles. The minimum atomic E-state index is 0.149. The van der Waals surface area contributed by atoms with E-state index in [4.69, 9.17) is 0 Å². The predicted octanol–water partition coefficient (Wildman–Crippen LogP) is 1.63. The highest BCUT2D eigenvalue weighted by atomic mass is 14.6. The summed E-state index contributed by atoms with van der Waals surface area (Å²) >= 11 is 0. The zero-order chi connectivity index (χ0) is 10.0. The van der Waals surface area contributed by atoms with Crippen molar-refractivity contribution in [1.29, 1.82) is 0 Å². The van der Waals surface area contributed by atoms with Crippen LogP contribution in [-0.4, -0.2) is 4.98 Å². The van der Waals surface area contributed by atoms with Crippen molar-refractivity contribution in [1.82, 2.24) is 4.98 Å². The normalized spacial score (nSPS) is 24.4. The van der Waals surface area contributed by atoms with Crippen LogP contribution < -0.4 is 10.6 Å². The summed E-state index contributed by atoms with van der Waals surface area (Å²) in [5, 5.41) is 2.31. The molecule has 0 bridgehead atoms. The van der Waals surface area contributed by atoms with E-state index in [0.29, 0.717) is 0 Å². The molecule has 0 saturated heterocycles. The molecule has 1 aliphatic rings. The van der Waals surface area contributed by atoms with Gasteiger partial charge in [-0.05, 0) is 23.8 Å². The molecule has 0 amide bonds. The van der Waals surface area contributed by atoms with Crippen LogP contribution in [-0.2, 0) is 0 Å². The lowest BCUT2D eigenvalue weighted by atomic mass is 9.87. The molecular formula is C13H15N. The fraction of sp³-hybridized carbons (Fsp3) is 0.308. The topological polar surface area (TPSA) is 12.9 Å². The Kier molecular flexibility index (Phi) is 2.24. The van der Waals surface area contributed by atoms with Gasteiger partial charge in [0.2, 0.25) is 0 Å². The number of hydrogen-bond acceptors (Lipinski definition) is 1. The fourth-order valence-corrected chi connectivity index (χ4v) is 1.64. The number of allylic oxidation sites excluding steroid dienone is 2. The summed E-state index contributed by atoms with van der Waals surface area (Å²) in [5.41, 5.74) is 0.149. The molecule has 72 valence electrons. The number of hydrogen-bond donors (Lipinski definition) is 0. The maximum atomic E-state index is 4.40. The molecule has 1 aliphatic carbocycles. The molecule has 14 heavy (non-hydrogen) atoms. The summed E-state index contributed by atoms with van der Waals surface area (Å²) in [5.74, 6) is 0. The van der Waals surface area contributed by atoms with Crippen molar-refractivity contribution < 1.29 is 0 Å². The molecular weight excluding hydrogens is 170 g/mol. The van der Waals surface area contributed by atoms with Gasteiger partial charge in [0, 0.05) is 11.6 Å². The van der Waals surface area contributed by atoms with Crippen LogP contribution in [0.15, 0.2) is 30.5 Å². The average molecular weight is 185 g/mol. The van der Waals surface area contributed by atoms with Gasteiger partial charge in [0.1, 0.15) is 0 Å². The summed E-state index contributed by atoms with van der Waals surface area (Å²) in [4.78, 5) is 4.40. The van der Waals surface area contributed by atoms with Gasteiger partial charge in [0.05, 0.1) is 5.35 Å². The Hall–Kier alpha value is -1.37. The van der Waals surface area contributed by atoms with E-state index in [1.165, 1.54) is 5.22 Å². The first-order valence-electron chi connectivity index (χ1n) is 5.07. The lowest BCUT2D eigenvalue weighted by Crippen LogP contribution is -2.29. The first-order valence-corrected chi connectivity index (χ1v) is 5.07. The highest BCUT2D eigenvalue weighted by molar-refractivity contribution is 5.47. The maximum Gasteiger partial charge on any atom is 0.0670 e. The second-order valence-corrected chi connectivity index (χ2v) is 4.01. The number of nitrogens with zero attached hydrogens (tertiary/aromatic N) is 1. The van der Waals surface area contributed by atoms with Crippen LogP contribution in [0, 0.1) is 5.41 Å². The van der Waals surface area contributed by atoms with E-state index in [-0.39, 0.29) is 5.41 Å². The van der Waals surface area contributed by atoms with Crippen molar-refractivity contribution in [3.8, 4) is 0 Å². The van der Waals surface area contributed by atoms with E-state index >= 15 is 0 Å². The molecule has 1 heterocycles. The lowest BCUT2D eigenvalue weighted by Gasteiger charge is -2.17. The Morgan fingerprint density at radius 3 is 3.07 bits per heavy atom. The van der Waals surface area contributed by atoms with Crippen LogP contribution in [0.3, 0.4) is 0 Å². The molecule has 0 fully saturated rings. The van der Waals surface area contributed by atoms with Crippen LogP contribution >= 0.6 is 0 Å². The van der Waals surface area contributed by atoms with Crippen molar-refractivity contribution in [2.24, 2.45) is 5.41 Å². The third-order valence-corrected chi connectivity index (χ3v) is 2.85. The quantitative estimate of drug-likeness (QED) is 0.648. The van der Waals surface area contributed by atoms with Crippen molar-refractivity contribution in [3.63, 3.8) is 0 Å². The Morgan fingerprint density at radius 2 is 2.29 bits per heavy atom. The molecule has 0 aliphatic heterocycles. The summed E-state index contributed by atoms with van der Waals surface area (Å²) in [6, 6.07) is 4.08. The Balaban J connectivity index is 2.69. The van der Waals surface area contributed by atoms with Crippen LogP contribution in [0.2, 0.25) is 0 Å². The van der Waals surface area contributed by atoms with Gasteiger partial charge in [0.25, 0.3) is 0 Å². The molecule has 0 radical (unpaired) electrons. The second kappa shape index (κ2) is 3.41. The maximum absolute atomic E-state index is 4.40. The molecule has 1 nitrogen and oxygen atoms in total. The smallest absolute Gasteiger partial charge is 0.0670 e. The zero-order valence-electron chi connectivity index (χ0n) is 8.70. The fourth-order valence-electron chi connectivity index (χ4n) is 1.64. The summed E-state index contributed by atoms with van der Waals surface area (Å²) in [6.07, 6.45) is 11.7. The van der Waals surface area contributed by atoms with Gasteiger partial charge in [0.15, 0.2) is 0 Å². The third kappa shape index (κ3) is 1.63. The minimum absolute atomic E-state index is 0.149. The third-order valence-electron chi connectivity index (χ3n) is 2.85. The number of rotatable bonds is 1. The summed E-state index contributed by atoms with van der Waals surface area (Å²) in [7, 11) is 0. The zero-order valence-corrected chi connectivity index (χ0v) is 8.70. The van der Waals surface area contributed by atoms with E-state index in [2.05, 4.69) is 49.2 Å². The predicted molar refractivity (Wildman–Crippen MR) is 60.0 cm³/mol. The van der Waals surface area contributed by atoms with Crippen LogP contribution in [0.4, 0.5) is 0 Å². The van der Waals surface area contributed by atoms with Crippen molar-refractivity contribution in [2.45, 2.75) is 20.3 Å². The largest absolute Gasteiger partial charge is 0.257 e. The molecule has 2 rings (SSSR count). The number of fused-ring (bicyclic) bond motifs is 1. The van der Waals surface area contributed by atoms with Gasteiger partial charge in [-0.3, -0.25) is 4.98 Å². The Labute approximate surface area is 84.5 Å². The Morgan fingerprint density at radius 1 is 1.43 bits per heavy atom. The van der Waals surface area contributed by atoms with E-state index in [9.17, 15) is 0 Å². The van der Waals surface area contributed by atoms with Gasteiger partial charge in [-0.1, -0.05) is 38.1 Å². The second-order valence-electron chi connectivity index (χ2n) is 4.01. The van der Waals surface area contributed by atoms with E-state index < -0.39 is 0 Å². The molecule has 1 aromatic rings. The molecule has 1 heteroatoms. The van der Waals surface area contributed by atoms with E-state index in [1.54, 1.807) is 0 Å². The Bertz CT molecular complexity index is 470. The summed E-state index contributed by atoms with van der Waals surface area (Å²) in [6.45, 7) is 4.44. The monoisotopic (exact) mass is 185 g/mol. The highest BCUT2D eigenvalue weighted by Gasteiger charge is 2.15. The van der Waals surface area contributed by atoms with Crippen LogP contribution in [0.1, 0.15) is 20.3 Å². The number of aromatic nitrogens is 1. The van der Waals surface area contributed by atoms with E-state index in [0.717, 1.165) is 11.8 Å². The summed E-state index contributed by atoms with van der Waals surface area (Å²) < 4.78 is 0. The molecule has 0 N–H and O–H groups in total. The lowest BCUT2D eigenvalue weighted by molar-refractivity contribution is 0.566. The van der Waals surface area contributed by atoms with Crippen molar-refractivity contribution >= 4 is 12.2 Å². The molecule has 1 atom stereocenters. The first-order chi connectivity index (χ1) is 6.73. The number of pyridine rings is 1. The minimum Gasteiger partial charge on any atom is -0.257 e.